The highest BCUT2D eigenvalue weighted by Crippen LogP contribution is 2.19. The molecule has 4 aromatic rings. The summed E-state index contributed by atoms with van der Waals surface area (Å²) in [6, 6.07) is 16.6. The molecule has 0 saturated heterocycles. The number of aryl methyl sites for hydroxylation is 2. The van der Waals surface area contributed by atoms with Crippen molar-refractivity contribution in [2.24, 2.45) is 0 Å². The monoisotopic (exact) mass is 436 g/mol. The predicted molar refractivity (Wildman–Crippen MR) is 117 cm³/mol. The molecule has 0 radical (unpaired) electrons. The number of ether oxygens (including phenoxy) is 1. The number of hydrogen-bond donors (Lipinski definition) is 1. The zero-order valence-electron chi connectivity index (χ0n) is 17.1. The van der Waals surface area contributed by atoms with Crippen molar-refractivity contribution in [2.75, 3.05) is 5.32 Å². The van der Waals surface area contributed by atoms with Gasteiger partial charge in [0.2, 0.25) is 5.95 Å². The second kappa shape index (κ2) is 9.06. The Hall–Kier alpha value is -3.58. The molecule has 0 bridgehead atoms. The van der Waals surface area contributed by atoms with Crippen molar-refractivity contribution in [1.82, 2.24) is 14.8 Å². The SMILES string of the molecule is Cc1ccc(OCc2ccc(C(=O)Nc3ncn(Cc4ccc(Cl)cc4)n3)o2)cc1C. The number of furan rings is 1. The molecule has 158 valence electrons. The number of benzene rings is 2. The van der Waals surface area contributed by atoms with Gasteiger partial charge in [0.05, 0.1) is 6.54 Å². The van der Waals surface area contributed by atoms with Crippen LogP contribution in [0.25, 0.3) is 0 Å². The molecule has 1 amide bonds. The molecule has 0 atom stereocenters. The summed E-state index contributed by atoms with van der Waals surface area (Å²) in [5, 5.41) is 7.58. The Morgan fingerprint density at radius 3 is 2.68 bits per heavy atom. The van der Waals surface area contributed by atoms with Gasteiger partial charge in [-0.2, -0.15) is 0 Å². The molecule has 0 aliphatic carbocycles. The highest BCUT2D eigenvalue weighted by atomic mass is 35.5. The maximum Gasteiger partial charge on any atom is 0.293 e. The van der Waals surface area contributed by atoms with Crippen LogP contribution in [0.1, 0.15) is 33.0 Å². The summed E-state index contributed by atoms with van der Waals surface area (Å²) in [6.45, 7) is 4.82. The number of nitrogens with one attached hydrogen (secondary N) is 1. The second-order valence-corrected chi connectivity index (χ2v) is 7.58. The van der Waals surface area contributed by atoms with Crippen LogP contribution in [0.15, 0.2) is 65.3 Å². The summed E-state index contributed by atoms with van der Waals surface area (Å²) < 4.78 is 13.0. The van der Waals surface area contributed by atoms with E-state index in [1.807, 2.05) is 56.3 Å². The van der Waals surface area contributed by atoms with Crippen LogP contribution in [0.3, 0.4) is 0 Å². The molecule has 8 heteroatoms. The Balaban J connectivity index is 1.33. The lowest BCUT2D eigenvalue weighted by molar-refractivity contribution is 0.0991. The zero-order valence-corrected chi connectivity index (χ0v) is 17.9. The first-order valence-electron chi connectivity index (χ1n) is 9.70. The van der Waals surface area contributed by atoms with Crippen LogP contribution in [0.4, 0.5) is 5.95 Å². The Bertz CT molecular complexity index is 1200. The Labute approximate surface area is 184 Å². The van der Waals surface area contributed by atoms with Gasteiger partial charge in [0.15, 0.2) is 5.76 Å². The molecule has 1 N–H and O–H groups in total. The summed E-state index contributed by atoms with van der Waals surface area (Å²) in [6.07, 6.45) is 1.55. The maximum absolute atomic E-state index is 12.4. The normalized spacial score (nSPS) is 10.8. The molecule has 2 aromatic heterocycles. The van der Waals surface area contributed by atoms with Crippen LogP contribution in [-0.4, -0.2) is 20.7 Å². The van der Waals surface area contributed by atoms with Gasteiger partial charge < -0.3 is 9.15 Å². The van der Waals surface area contributed by atoms with E-state index in [0.29, 0.717) is 17.3 Å². The van der Waals surface area contributed by atoms with E-state index in [4.69, 9.17) is 20.8 Å². The first-order valence-corrected chi connectivity index (χ1v) is 10.1. The summed E-state index contributed by atoms with van der Waals surface area (Å²) in [4.78, 5) is 16.6. The lowest BCUT2D eigenvalue weighted by Gasteiger charge is -2.06. The smallest absolute Gasteiger partial charge is 0.293 e. The molecule has 31 heavy (non-hydrogen) atoms. The zero-order chi connectivity index (χ0) is 21.8. The number of carbonyl (C=O) groups is 1. The number of nitrogens with zero attached hydrogens (tertiary/aromatic N) is 3. The summed E-state index contributed by atoms with van der Waals surface area (Å²) in [7, 11) is 0. The van der Waals surface area contributed by atoms with E-state index in [9.17, 15) is 4.79 Å². The highest BCUT2D eigenvalue weighted by Gasteiger charge is 2.14. The summed E-state index contributed by atoms with van der Waals surface area (Å²) in [5.74, 6) is 1.23. The first kappa shape index (κ1) is 20.7. The van der Waals surface area contributed by atoms with Crippen LogP contribution in [0.5, 0.6) is 5.75 Å². The standard InChI is InChI=1S/C23H21ClN4O3/c1-15-3-8-19(11-16(15)2)30-13-20-9-10-21(31-20)22(29)26-23-25-14-28(27-23)12-17-4-6-18(24)7-5-17/h3-11,14H,12-13H2,1-2H3,(H,26,27,29). The minimum atomic E-state index is -0.429. The number of aromatic nitrogens is 3. The number of hydrogen-bond acceptors (Lipinski definition) is 5. The van der Waals surface area contributed by atoms with Gasteiger partial charge in [-0.15, -0.1) is 5.10 Å². The van der Waals surface area contributed by atoms with Gasteiger partial charge in [-0.25, -0.2) is 9.67 Å². The third-order valence-electron chi connectivity index (χ3n) is 4.76. The Morgan fingerprint density at radius 1 is 1.10 bits per heavy atom. The van der Waals surface area contributed by atoms with E-state index in [-0.39, 0.29) is 18.3 Å². The fraction of sp³-hybridized carbons (Fsp3) is 0.174. The molecular formula is C23H21ClN4O3. The van der Waals surface area contributed by atoms with Crippen LogP contribution in [0.2, 0.25) is 5.02 Å². The average Bonchev–Trinajstić information content (AvgIpc) is 3.40. The van der Waals surface area contributed by atoms with Crippen molar-refractivity contribution in [2.45, 2.75) is 27.0 Å². The van der Waals surface area contributed by atoms with Crippen LogP contribution >= 0.6 is 11.6 Å². The summed E-state index contributed by atoms with van der Waals surface area (Å²) in [5.41, 5.74) is 3.38. The van der Waals surface area contributed by atoms with Crippen LogP contribution < -0.4 is 10.1 Å². The van der Waals surface area contributed by atoms with E-state index in [0.717, 1.165) is 16.9 Å². The molecule has 0 fully saturated rings. The van der Waals surface area contributed by atoms with Crippen LogP contribution in [-0.2, 0) is 13.2 Å². The van der Waals surface area contributed by atoms with Gasteiger partial charge in [0, 0.05) is 5.02 Å². The highest BCUT2D eigenvalue weighted by molar-refractivity contribution is 6.30. The summed E-state index contributed by atoms with van der Waals surface area (Å²) >= 11 is 5.90. The Kier molecular flexibility index (Phi) is 6.04. The molecule has 0 aliphatic heterocycles. The third kappa shape index (κ3) is 5.32. The van der Waals surface area contributed by atoms with Crippen molar-refractivity contribution < 1.29 is 13.9 Å². The largest absolute Gasteiger partial charge is 0.486 e. The van der Waals surface area contributed by atoms with Crippen molar-refractivity contribution >= 4 is 23.5 Å². The molecule has 0 saturated carbocycles. The van der Waals surface area contributed by atoms with Gasteiger partial charge in [-0.05, 0) is 66.9 Å². The molecule has 0 spiro atoms. The molecule has 2 heterocycles. The van der Waals surface area contributed by atoms with Gasteiger partial charge in [-0.3, -0.25) is 10.1 Å². The van der Waals surface area contributed by atoms with Gasteiger partial charge >= 0.3 is 0 Å². The van der Waals surface area contributed by atoms with E-state index < -0.39 is 5.91 Å². The van der Waals surface area contributed by atoms with Crippen molar-refractivity contribution in [1.29, 1.82) is 0 Å². The fourth-order valence-corrected chi connectivity index (χ4v) is 3.03. The molecule has 2 aromatic carbocycles. The maximum atomic E-state index is 12.4. The van der Waals surface area contributed by atoms with Gasteiger partial charge in [0.25, 0.3) is 5.91 Å². The minimum absolute atomic E-state index is 0.160. The molecule has 0 aliphatic rings. The van der Waals surface area contributed by atoms with Gasteiger partial charge in [-0.1, -0.05) is 29.8 Å². The number of rotatable bonds is 7. The fourth-order valence-electron chi connectivity index (χ4n) is 2.90. The predicted octanol–water partition coefficient (Wildman–Crippen LogP) is 5.02. The number of halogens is 1. The average molecular weight is 437 g/mol. The second-order valence-electron chi connectivity index (χ2n) is 7.15. The van der Waals surface area contributed by atoms with E-state index in [1.165, 1.54) is 5.56 Å². The minimum Gasteiger partial charge on any atom is -0.486 e. The Morgan fingerprint density at radius 2 is 1.90 bits per heavy atom. The van der Waals surface area contributed by atoms with Crippen molar-refractivity contribution in [3.8, 4) is 5.75 Å². The number of anilines is 1. The topological polar surface area (TPSA) is 82.2 Å². The van der Waals surface area contributed by atoms with Crippen molar-refractivity contribution in [3.05, 3.63) is 94.2 Å². The molecular weight excluding hydrogens is 416 g/mol. The molecule has 0 unspecified atom stereocenters. The van der Waals surface area contributed by atoms with E-state index in [1.54, 1.807) is 23.1 Å². The van der Waals surface area contributed by atoms with E-state index >= 15 is 0 Å². The first-order chi connectivity index (χ1) is 15.0. The molecule has 4 rings (SSSR count). The lowest BCUT2D eigenvalue weighted by atomic mass is 10.1. The molecule has 7 nitrogen and oxygen atoms in total. The lowest BCUT2D eigenvalue weighted by Crippen LogP contribution is -2.12. The van der Waals surface area contributed by atoms with Gasteiger partial charge in [0.1, 0.15) is 24.4 Å². The van der Waals surface area contributed by atoms with E-state index in [2.05, 4.69) is 15.4 Å². The van der Waals surface area contributed by atoms with Crippen LogP contribution in [0, 0.1) is 13.8 Å². The quantitative estimate of drug-likeness (QED) is 0.439. The number of carbonyl (C=O) groups excluding carboxylic acids is 1. The van der Waals surface area contributed by atoms with Crippen molar-refractivity contribution in [3.63, 3.8) is 0 Å². The number of amides is 1. The third-order valence-corrected chi connectivity index (χ3v) is 5.02.